The smallest absolute Gasteiger partial charge is 0.395 e. The number of anilines is 2. The average Bonchev–Trinajstić information content (AvgIpc) is 2.87. The van der Waals surface area contributed by atoms with Crippen molar-refractivity contribution in [3.8, 4) is 0 Å². The summed E-state index contributed by atoms with van der Waals surface area (Å²) in [4.78, 5) is 0. The van der Waals surface area contributed by atoms with Crippen molar-refractivity contribution in [3.63, 3.8) is 0 Å². The van der Waals surface area contributed by atoms with Crippen molar-refractivity contribution in [2.24, 2.45) is 0 Å². The zero-order chi connectivity index (χ0) is 28.3. The summed E-state index contributed by atoms with van der Waals surface area (Å²) >= 11 is 0. The van der Waals surface area contributed by atoms with Crippen molar-refractivity contribution in [3.05, 3.63) is 59.7 Å². The lowest BCUT2D eigenvalue weighted by molar-refractivity contribution is -0.228. The van der Waals surface area contributed by atoms with Crippen molar-refractivity contribution < 1.29 is 31.1 Å². The van der Waals surface area contributed by atoms with Gasteiger partial charge in [0.25, 0.3) is 0 Å². The molecular weight excluding hydrogens is 518 g/mol. The molecular formula is C30H38F6N2O. The lowest BCUT2D eigenvalue weighted by atomic mass is 9.72. The zero-order valence-electron chi connectivity index (χ0n) is 22.1. The number of benzene rings is 2. The highest BCUT2D eigenvalue weighted by atomic mass is 19.4. The van der Waals surface area contributed by atoms with E-state index in [4.69, 9.17) is 16.2 Å². The molecule has 2 unspecified atom stereocenters. The van der Waals surface area contributed by atoms with E-state index in [1.807, 2.05) is 0 Å². The van der Waals surface area contributed by atoms with Crippen LogP contribution in [-0.4, -0.2) is 23.6 Å². The molecule has 2 aromatic carbocycles. The number of hydrogen-bond donors (Lipinski definition) is 2. The monoisotopic (exact) mass is 556 g/mol. The second-order valence-electron chi connectivity index (χ2n) is 11.5. The minimum absolute atomic E-state index is 0.0954. The summed E-state index contributed by atoms with van der Waals surface area (Å²) in [6, 6.07) is 11.4. The molecule has 2 aliphatic carbocycles. The molecule has 9 heteroatoms. The van der Waals surface area contributed by atoms with E-state index in [2.05, 4.69) is 0 Å². The van der Waals surface area contributed by atoms with Crippen LogP contribution >= 0.6 is 0 Å². The Morgan fingerprint density at radius 1 is 0.564 bits per heavy atom. The first-order chi connectivity index (χ1) is 18.3. The molecule has 0 radical (unpaired) electrons. The minimum Gasteiger partial charge on any atom is -0.399 e. The van der Waals surface area contributed by atoms with E-state index in [1.54, 1.807) is 0 Å². The molecule has 0 saturated heterocycles. The molecule has 0 aromatic heterocycles. The molecule has 4 N–H and O–H groups in total. The second-order valence-corrected chi connectivity index (χ2v) is 11.5. The SMILES string of the molecule is Nc1ccc(C(CC2(OC3(CC(c4ccc(N)cc4)C(F)(F)F)CCCCC3)CCCCC2)C(F)(F)F)cc1. The fraction of sp³-hybridized carbons (Fsp3) is 0.600. The van der Waals surface area contributed by atoms with Crippen LogP contribution in [0.4, 0.5) is 37.7 Å². The summed E-state index contributed by atoms with van der Waals surface area (Å²) in [5.41, 5.74) is 10.0. The number of halogens is 6. The van der Waals surface area contributed by atoms with E-state index in [-0.39, 0.29) is 24.0 Å². The zero-order valence-corrected chi connectivity index (χ0v) is 22.1. The quantitative estimate of drug-likeness (QED) is 0.252. The van der Waals surface area contributed by atoms with Crippen LogP contribution in [0.2, 0.25) is 0 Å². The Hall–Kier alpha value is -2.42. The Morgan fingerprint density at radius 2 is 0.872 bits per heavy atom. The van der Waals surface area contributed by atoms with E-state index < -0.39 is 35.4 Å². The predicted molar refractivity (Wildman–Crippen MR) is 141 cm³/mol. The number of alkyl halides is 6. The van der Waals surface area contributed by atoms with Gasteiger partial charge in [-0.15, -0.1) is 0 Å². The Labute approximate surface area is 226 Å². The van der Waals surface area contributed by atoms with Crippen LogP contribution in [0.3, 0.4) is 0 Å². The van der Waals surface area contributed by atoms with Crippen LogP contribution in [0.15, 0.2) is 48.5 Å². The molecule has 0 heterocycles. The number of ether oxygens (including phenoxy) is 1. The number of nitrogens with two attached hydrogens (primary N) is 2. The first-order valence-electron chi connectivity index (χ1n) is 13.9. The third kappa shape index (κ3) is 7.41. The van der Waals surface area contributed by atoms with Crippen LogP contribution in [0, 0.1) is 0 Å². The largest absolute Gasteiger partial charge is 0.399 e. The molecule has 2 saturated carbocycles. The summed E-state index contributed by atoms with van der Waals surface area (Å²) in [6.07, 6.45) is -3.65. The second kappa shape index (κ2) is 11.6. The molecule has 0 aliphatic heterocycles. The fourth-order valence-electron chi connectivity index (χ4n) is 6.59. The highest BCUT2D eigenvalue weighted by Gasteiger charge is 2.53. The van der Waals surface area contributed by atoms with Gasteiger partial charge in [-0.2, -0.15) is 26.3 Å². The van der Waals surface area contributed by atoms with Gasteiger partial charge in [0.15, 0.2) is 0 Å². The molecule has 216 valence electrons. The third-order valence-electron chi connectivity index (χ3n) is 8.58. The normalized spacial score (nSPS) is 21.3. The molecule has 0 spiro atoms. The van der Waals surface area contributed by atoms with Gasteiger partial charge >= 0.3 is 12.4 Å². The first kappa shape index (κ1) is 29.6. The summed E-state index contributed by atoms with van der Waals surface area (Å²) in [5.74, 6) is -3.60. The molecule has 0 bridgehead atoms. The summed E-state index contributed by atoms with van der Waals surface area (Å²) < 4.78 is 93.7. The van der Waals surface area contributed by atoms with Gasteiger partial charge in [-0.1, -0.05) is 62.8 Å². The lowest BCUT2D eigenvalue weighted by Crippen LogP contribution is -2.50. The standard InChI is InChI=1S/C30H38F6N2O/c31-29(32,33)25(21-7-11-23(37)12-8-21)19-27(15-3-1-4-16-27)39-28(17-5-2-6-18-28)20-26(30(34,35)36)22-9-13-24(38)14-10-22/h7-14,25-26H,1-6,15-20,37-38H2. The van der Waals surface area contributed by atoms with E-state index in [1.165, 1.54) is 48.5 Å². The molecule has 2 aromatic rings. The molecule has 2 fully saturated rings. The maximum Gasteiger partial charge on any atom is 0.395 e. The maximum absolute atomic E-state index is 14.5. The van der Waals surface area contributed by atoms with Gasteiger partial charge in [-0.25, -0.2) is 0 Å². The number of rotatable bonds is 8. The van der Waals surface area contributed by atoms with Crippen LogP contribution in [0.1, 0.15) is 100 Å². The Bertz CT molecular complexity index is 967. The molecule has 2 atom stereocenters. The van der Waals surface area contributed by atoms with E-state index in [0.29, 0.717) is 62.7 Å². The number of hydrogen-bond acceptors (Lipinski definition) is 3. The van der Waals surface area contributed by atoms with E-state index in [0.717, 1.165) is 12.8 Å². The minimum atomic E-state index is -4.54. The highest BCUT2D eigenvalue weighted by molar-refractivity contribution is 5.41. The van der Waals surface area contributed by atoms with Gasteiger partial charge in [-0.3, -0.25) is 0 Å². The topological polar surface area (TPSA) is 61.3 Å². The van der Waals surface area contributed by atoms with E-state index in [9.17, 15) is 26.3 Å². The summed E-state index contributed by atoms with van der Waals surface area (Å²) in [7, 11) is 0. The maximum atomic E-state index is 14.5. The predicted octanol–water partition coefficient (Wildman–Crippen LogP) is 9.05. The van der Waals surface area contributed by atoms with E-state index >= 15 is 0 Å². The molecule has 39 heavy (non-hydrogen) atoms. The van der Waals surface area contributed by atoms with Gasteiger partial charge in [0.1, 0.15) is 0 Å². The number of nitrogen functional groups attached to an aromatic ring is 2. The first-order valence-corrected chi connectivity index (χ1v) is 13.9. The lowest BCUT2D eigenvalue weighted by Gasteiger charge is -2.50. The summed E-state index contributed by atoms with van der Waals surface area (Å²) in [6.45, 7) is 0. The van der Waals surface area contributed by atoms with Crippen molar-refractivity contribution >= 4 is 11.4 Å². The Morgan fingerprint density at radius 3 is 1.15 bits per heavy atom. The van der Waals surface area contributed by atoms with Crippen molar-refractivity contribution in [2.45, 2.75) is 112 Å². The van der Waals surface area contributed by atoms with Crippen molar-refractivity contribution in [1.82, 2.24) is 0 Å². The van der Waals surface area contributed by atoms with Crippen molar-refractivity contribution in [1.29, 1.82) is 0 Å². The third-order valence-corrected chi connectivity index (χ3v) is 8.58. The molecule has 0 amide bonds. The van der Waals surface area contributed by atoms with Crippen LogP contribution in [0.25, 0.3) is 0 Å². The van der Waals surface area contributed by atoms with Gasteiger partial charge < -0.3 is 16.2 Å². The summed E-state index contributed by atoms with van der Waals surface area (Å²) in [5, 5.41) is 0. The average molecular weight is 557 g/mol. The molecule has 2 aliphatic rings. The molecule has 4 rings (SSSR count). The van der Waals surface area contributed by atoms with Crippen LogP contribution in [0.5, 0.6) is 0 Å². The fourth-order valence-corrected chi connectivity index (χ4v) is 6.59. The van der Waals surface area contributed by atoms with Crippen LogP contribution < -0.4 is 11.5 Å². The van der Waals surface area contributed by atoms with Gasteiger partial charge in [0, 0.05) is 11.4 Å². The highest BCUT2D eigenvalue weighted by Crippen LogP contribution is 2.52. The Kier molecular flexibility index (Phi) is 8.79. The van der Waals surface area contributed by atoms with Crippen LogP contribution in [-0.2, 0) is 4.74 Å². The van der Waals surface area contributed by atoms with Crippen molar-refractivity contribution in [2.75, 3.05) is 11.5 Å². The van der Waals surface area contributed by atoms with Gasteiger partial charge in [-0.05, 0) is 73.9 Å². The van der Waals surface area contributed by atoms with Gasteiger partial charge in [0.05, 0.1) is 23.0 Å². The van der Waals surface area contributed by atoms with Gasteiger partial charge in [0.2, 0.25) is 0 Å². The molecule has 3 nitrogen and oxygen atoms in total. The Balaban J connectivity index is 1.70.